The summed E-state index contributed by atoms with van der Waals surface area (Å²) in [7, 11) is 0. The number of hydrogen-bond donors (Lipinski definition) is 2. The first-order chi connectivity index (χ1) is 5.56. The minimum Gasteiger partial charge on any atom is -0.481 e. The first kappa shape index (κ1) is 11.4. The molecule has 72 valence electrons. The summed E-state index contributed by atoms with van der Waals surface area (Å²) in [6, 6.07) is 0.171. The van der Waals surface area contributed by atoms with Gasteiger partial charge in [-0.2, -0.15) is 0 Å². The van der Waals surface area contributed by atoms with E-state index in [0.717, 1.165) is 19.3 Å². The maximum Gasteiger partial charge on any atom is 0.303 e. The summed E-state index contributed by atoms with van der Waals surface area (Å²) in [6.07, 6.45) is 3.11. The number of hydrogen-bond acceptors (Lipinski definition) is 2. The van der Waals surface area contributed by atoms with E-state index in [9.17, 15) is 4.79 Å². The maximum absolute atomic E-state index is 10.3. The summed E-state index contributed by atoms with van der Waals surface area (Å²) < 4.78 is 0. The molecular weight excluding hydrogens is 154 g/mol. The fourth-order valence-electron chi connectivity index (χ4n) is 1.39. The predicted molar refractivity (Wildman–Crippen MR) is 48.9 cm³/mol. The van der Waals surface area contributed by atoms with Crippen LogP contribution in [-0.4, -0.2) is 17.1 Å². The minimum absolute atomic E-state index is 0.171. The van der Waals surface area contributed by atoms with Crippen LogP contribution in [-0.2, 0) is 4.79 Å². The molecule has 3 N–H and O–H groups in total. The van der Waals surface area contributed by atoms with Gasteiger partial charge < -0.3 is 10.8 Å². The molecule has 0 aromatic rings. The molecular formula is C9H19NO2. The molecule has 0 spiro atoms. The zero-order valence-corrected chi connectivity index (χ0v) is 7.92. The maximum atomic E-state index is 10.3. The molecule has 2 atom stereocenters. The Labute approximate surface area is 74.0 Å². The van der Waals surface area contributed by atoms with Gasteiger partial charge in [-0.25, -0.2) is 0 Å². The molecule has 0 saturated carbocycles. The van der Waals surface area contributed by atoms with Crippen molar-refractivity contribution in [1.29, 1.82) is 0 Å². The lowest BCUT2D eigenvalue weighted by Crippen LogP contribution is -2.23. The van der Waals surface area contributed by atoms with Gasteiger partial charge in [0.1, 0.15) is 0 Å². The molecule has 0 radical (unpaired) electrons. The van der Waals surface area contributed by atoms with Crippen LogP contribution in [0.25, 0.3) is 0 Å². The highest BCUT2D eigenvalue weighted by atomic mass is 16.4. The van der Waals surface area contributed by atoms with Gasteiger partial charge in [-0.1, -0.05) is 20.3 Å². The second-order valence-electron chi connectivity index (χ2n) is 3.49. The molecule has 0 fully saturated rings. The Morgan fingerprint density at radius 1 is 1.58 bits per heavy atom. The molecule has 0 rings (SSSR count). The van der Waals surface area contributed by atoms with Crippen LogP contribution in [0.2, 0.25) is 0 Å². The first-order valence-corrected chi connectivity index (χ1v) is 4.53. The van der Waals surface area contributed by atoms with Gasteiger partial charge in [-0.3, -0.25) is 4.79 Å². The largest absolute Gasteiger partial charge is 0.481 e. The van der Waals surface area contributed by atoms with Crippen LogP contribution in [0.4, 0.5) is 0 Å². The smallest absolute Gasteiger partial charge is 0.303 e. The zero-order valence-electron chi connectivity index (χ0n) is 7.92. The van der Waals surface area contributed by atoms with Crippen molar-refractivity contribution in [2.75, 3.05) is 0 Å². The zero-order chi connectivity index (χ0) is 9.56. The van der Waals surface area contributed by atoms with E-state index in [1.54, 1.807) is 0 Å². The van der Waals surface area contributed by atoms with Crippen molar-refractivity contribution in [3.8, 4) is 0 Å². The summed E-state index contributed by atoms with van der Waals surface area (Å²) >= 11 is 0. The molecule has 0 aromatic heterocycles. The summed E-state index contributed by atoms with van der Waals surface area (Å²) in [5.41, 5.74) is 5.77. The van der Waals surface area contributed by atoms with Crippen LogP contribution >= 0.6 is 0 Å². The fourth-order valence-corrected chi connectivity index (χ4v) is 1.39. The Balaban J connectivity index is 3.53. The lowest BCUT2D eigenvalue weighted by Gasteiger charge is -2.14. The number of nitrogens with two attached hydrogens (primary N) is 1. The molecule has 0 bridgehead atoms. The number of carbonyl (C=O) groups is 1. The van der Waals surface area contributed by atoms with Crippen molar-refractivity contribution in [3.63, 3.8) is 0 Å². The third-order valence-corrected chi connectivity index (χ3v) is 1.89. The van der Waals surface area contributed by atoms with E-state index in [1.807, 2.05) is 6.92 Å². The third-order valence-electron chi connectivity index (χ3n) is 1.89. The Morgan fingerprint density at radius 2 is 2.17 bits per heavy atom. The molecule has 0 heterocycles. The van der Waals surface area contributed by atoms with Crippen LogP contribution in [0, 0.1) is 5.92 Å². The Morgan fingerprint density at radius 3 is 2.58 bits per heavy atom. The number of aliphatic carboxylic acids is 1. The van der Waals surface area contributed by atoms with Crippen molar-refractivity contribution in [1.82, 2.24) is 0 Å². The van der Waals surface area contributed by atoms with Crippen molar-refractivity contribution >= 4 is 5.97 Å². The average molecular weight is 173 g/mol. The fraction of sp³-hybridized carbons (Fsp3) is 0.889. The third kappa shape index (κ3) is 6.16. The van der Waals surface area contributed by atoms with E-state index in [1.165, 1.54) is 0 Å². The molecule has 0 amide bonds. The van der Waals surface area contributed by atoms with Gasteiger partial charge >= 0.3 is 5.97 Å². The normalized spacial score (nSPS) is 15.6. The van der Waals surface area contributed by atoms with E-state index >= 15 is 0 Å². The molecule has 0 aliphatic heterocycles. The van der Waals surface area contributed by atoms with Crippen LogP contribution in [0.5, 0.6) is 0 Å². The van der Waals surface area contributed by atoms with Gasteiger partial charge in [-0.15, -0.1) is 0 Å². The molecule has 3 nitrogen and oxygen atoms in total. The molecule has 0 aromatic carbocycles. The molecule has 3 heteroatoms. The van der Waals surface area contributed by atoms with Gasteiger partial charge in [0, 0.05) is 12.5 Å². The van der Waals surface area contributed by atoms with Gasteiger partial charge in [0.25, 0.3) is 0 Å². The number of carboxylic acids is 1. The van der Waals surface area contributed by atoms with Crippen LogP contribution in [0.1, 0.15) is 39.5 Å². The van der Waals surface area contributed by atoms with E-state index < -0.39 is 5.97 Å². The highest BCUT2D eigenvalue weighted by molar-refractivity contribution is 5.66. The lowest BCUT2D eigenvalue weighted by atomic mass is 9.97. The topological polar surface area (TPSA) is 63.3 Å². The van der Waals surface area contributed by atoms with Crippen molar-refractivity contribution < 1.29 is 9.90 Å². The molecule has 0 saturated heterocycles. The monoisotopic (exact) mass is 173 g/mol. The standard InChI is InChI=1S/C9H19NO2/c1-3-4-8(10)5-7(2)6-9(11)12/h7-8H,3-6,10H2,1-2H3,(H,11,12)/t7-,8-/m0/s1. The van der Waals surface area contributed by atoms with Crippen LogP contribution < -0.4 is 5.73 Å². The summed E-state index contributed by atoms with van der Waals surface area (Å²) in [5, 5.41) is 8.49. The van der Waals surface area contributed by atoms with E-state index in [-0.39, 0.29) is 18.4 Å². The summed E-state index contributed by atoms with van der Waals surface area (Å²) in [6.45, 7) is 4.02. The molecule has 0 aliphatic rings. The highest BCUT2D eigenvalue weighted by Gasteiger charge is 2.11. The molecule has 12 heavy (non-hydrogen) atoms. The Bertz CT molecular complexity index is 136. The second kappa shape index (κ2) is 6.00. The number of carboxylic acid groups (broad SMARTS) is 1. The van der Waals surface area contributed by atoms with Crippen molar-refractivity contribution in [2.45, 2.75) is 45.6 Å². The van der Waals surface area contributed by atoms with Crippen molar-refractivity contribution in [3.05, 3.63) is 0 Å². The summed E-state index contributed by atoms with van der Waals surface area (Å²) in [4.78, 5) is 10.3. The second-order valence-corrected chi connectivity index (χ2v) is 3.49. The molecule has 0 aliphatic carbocycles. The van der Waals surface area contributed by atoms with E-state index in [0.29, 0.717) is 0 Å². The molecule has 0 unspecified atom stereocenters. The predicted octanol–water partition coefficient (Wildman–Crippen LogP) is 1.61. The van der Waals surface area contributed by atoms with Gasteiger partial charge in [-0.05, 0) is 18.8 Å². The Kier molecular flexibility index (Phi) is 5.72. The van der Waals surface area contributed by atoms with Crippen molar-refractivity contribution in [2.24, 2.45) is 11.7 Å². The average Bonchev–Trinajstić information content (AvgIpc) is 1.84. The van der Waals surface area contributed by atoms with E-state index in [2.05, 4.69) is 6.92 Å². The SMILES string of the molecule is CCC[C@H](N)C[C@H](C)CC(=O)O. The van der Waals surface area contributed by atoms with E-state index in [4.69, 9.17) is 10.8 Å². The van der Waals surface area contributed by atoms with Gasteiger partial charge in [0.05, 0.1) is 0 Å². The quantitative estimate of drug-likeness (QED) is 0.641. The number of rotatable bonds is 6. The summed E-state index contributed by atoms with van der Waals surface area (Å²) in [5.74, 6) is -0.532. The van der Waals surface area contributed by atoms with Crippen LogP contribution in [0.15, 0.2) is 0 Å². The minimum atomic E-state index is -0.730. The first-order valence-electron chi connectivity index (χ1n) is 4.53. The Hall–Kier alpha value is -0.570. The highest BCUT2D eigenvalue weighted by Crippen LogP contribution is 2.11. The van der Waals surface area contributed by atoms with Gasteiger partial charge in [0.2, 0.25) is 0 Å². The van der Waals surface area contributed by atoms with Crippen LogP contribution in [0.3, 0.4) is 0 Å². The van der Waals surface area contributed by atoms with Gasteiger partial charge in [0.15, 0.2) is 0 Å². The lowest BCUT2D eigenvalue weighted by molar-refractivity contribution is -0.138.